The maximum atomic E-state index is 11.5. The molecule has 0 bridgehead atoms. The molecule has 5 nitrogen and oxygen atoms in total. The lowest BCUT2D eigenvalue weighted by molar-refractivity contribution is 0.0693. The third kappa shape index (κ3) is 2.64. The molecule has 1 aromatic heterocycles. The Labute approximate surface area is 142 Å². The number of pyridine rings is 1. The second kappa shape index (κ2) is 6.19. The molecule has 0 aliphatic carbocycles. The topological polar surface area (TPSA) is 83.2 Å². The van der Waals surface area contributed by atoms with Gasteiger partial charge in [0.1, 0.15) is 17.5 Å². The van der Waals surface area contributed by atoms with Gasteiger partial charge in [0.25, 0.3) is 0 Å². The van der Waals surface area contributed by atoms with Crippen molar-refractivity contribution in [1.29, 1.82) is 5.26 Å². The Morgan fingerprint density at radius 2 is 2.04 bits per heavy atom. The maximum absolute atomic E-state index is 11.5. The molecular formula is C18H11ClN2O3. The van der Waals surface area contributed by atoms with Crippen molar-refractivity contribution >= 4 is 28.3 Å². The van der Waals surface area contributed by atoms with Crippen molar-refractivity contribution in [1.82, 2.24) is 4.98 Å². The van der Waals surface area contributed by atoms with Crippen molar-refractivity contribution in [2.75, 3.05) is 7.11 Å². The number of fused-ring (bicyclic) bond motifs is 1. The third-order valence-electron chi connectivity index (χ3n) is 3.63. The van der Waals surface area contributed by atoms with Gasteiger partial charge in [0.05, 0.1) is 7.11 Å². The molecule has 0 amide bonds. The van der Waals surface area contributed by atoms with E-state index < -0.39 is 5.97 Å². The number of methoxy groups -OCH3 is 1. The summed E-state index contributed by atoms with van der Waals surface area (Å²) < 4.78 is 5.23. The van der Waals surface area contributed by atoms with E-state index in [1.807, 2.05) is 6.07 Å². The summed E-state index contributed by atoms with van der Waals surface area (Å²) in [6, 6.07) is 13.9. The van der Waals surface area contributed by atoms with Crippen molar-refractivity contribution in [3.05, 3.63) is 58.9 Å². The minimum Gasteiger partial charge on any atom is -0.497 e. The Bertz CT molecular complexity index is 1010. The number of hydrogen-bond donors (Lipinski definition) is 1. The Balaban J connectivity index is 2.49. The van der Waals surface area contributed by atoms with E-state index in [4.69, 9.17) is 16.3 Å². The number of nitriles is 1. The Morgan fingerprint density at radius 3 is 2.67 bits per heavy atom. The molecule has 0 saturated heterocycles. The number of nitrogens with zero attached hydrogens (tertiary/aromatic N) is 2. The van der Waals surface area contributed by atoms with Gasteiger partial charge in [0.2, 0.25) is 0 Å². The summed E-state index contributed by atoms with van der Waals surface area (Å²) in [6.45, 7) is 0. The van der Waals surface area contributed by atoms with E-state index in [0.717, 1.165) is 0 Å². The summed E-state index contributed by atoms with van der Waals surface area (Å²) in [5, 5.41) is 20.4. The molecule has 0 radical (unpaired) electrons. The average Bonchev–Trinajstić information content (AvgIpc) is 2.59. The first kappa shape index (κ1) is 15.8. The Kier molecular flexibility index (Phi) is 4.07. The average molecular weight is 339 g/mol. The van der Waals surface area contributed by atoms with E-state index in [0.29, 0.717) is 32.7 Å². The zero-order valence-electron chi connectivity index (χ0n) is 12.6. The molecule has 1 N–H and O–H groups in total. The van der Waals surface area contributed by atoms with Gasteiger partial charge in [-0.25, -0.2) is 9.78 Å². The maximum Gasteiger partial charge on any atom is 0.355 e. The quantitative estimate of drug-likeness (QED) is 0.776. The van der Waals surface area contributed by atoms with Crippen LogP contribution in [0.25, 0.3) is 21.9 Å². The van der Waals surface area contributed by atoms with Crippen LogP contribution in [0.5, 0.6) is 5.75 Å². The van der Waals surface area contributed by atoms with Gasteiger partial charge in [-0.2, -0.15) is 5.26 Å². The first-order valence-corrected chi connectivity index (χ1v) is 7.34. The van der Waals surface area contributed by atoms with Crippen LogP contribution in [0.15, 0.2) is 42.5 Å². The van der Waals surface area contributed by atoms with E-state index in [1.54, 1.807) is 42.5 Å². The molecule has 1 heterocycles. The standard InChI is InChI=1S/C18H11ClN2O3/c1-24-12-5-6-13-14(8-12)16(10-3-2-4-11(19)7-10)15(9-20)21-17(13)18(22)23/h2-8H,1H3,(H,22,23). The highest BCUT2D eigenvalue weighted by molar-refractivity contribution is 6.31. The van der Waals surface area contributed by atoms with E-state index in [1.165, 1.54) is 7.11 Å². The highest BCUT2D eigenvalue weighted by Gasteiger charge is 2.19. The monoisotopic (exact) mass is 338 g/mol. The number of aromatic nitrogens is 1. The fraction of sp³-hybridized carbons (Fsp3) is 0.0556. The fourth-order valence-corrected chi connectivity index (χ4v) is 2.79. The summed E-state index contributed by atoms with van der Waals surface area (Å²) in [6.07, 6.45) is 0. The van der Waals surface area contributed by atoms with Gasteiger partial charge >= 0.3 is 5.97 Å². The molecule has 6 heteroatoms. The number of benzene rings is 2. The molecule has 0 aliphatic heterocycles. The summed E-state index contributed by atoms with van der Waals surface area (Å²) in [5.74, 6) is -0.642. The van der Waals surface area contributed by atoms with Crippen LogP contribution in [0.3, 0.4) is 0 Å². The third-order valence-corrected chi connectivity index (χ3v) is 3.87. The number of carboxylic acid groups (broad SMARTS) is 1. The molecule has 24 heavy (non-hydrogen) atoms. The van der Waals surface area contributed by atoms with Crippen LogP contribution in [-0.2, 0) is 0 Å². The van der Waals surface area contributed by atoms with Crippen molar-refractivity contribution in [3.8, 4) is 22.9 Å². The summed E-state index contributed by atoms with van der Waals surface area (Å²) in [5.41, 5.74) is 1.06. The van der Waals surface area contributed by atoms with Gasteiger partial charge in [0.15, 0.2) is 5.69 Å². The number of carboxylic acids is 1. The van der Waals surface area contributed by atoms with Crippen LogP contribution < -0.4 is 4.74 Å². The van der Waals surface area contributed by atoms with E-state index in [-0.39, 0.29) is 11.4 Å². The minimum atomic E-state index is -1.20. The molecule has 3 aromatic rings. The largest absolute Gasteiger partial charge is 0.497 e. The van der Waals surface area contributed by atoms with Crippen molar-refractivity contribution < 1.29 is 14.6 Å². The number of ether oxygens (including phenoxy) is 1. The first-order valence-electron chi connectivity index (χ1n) is 6.96. The first-order chi connectivity index (χ1) is 11.5. The number of aromatic carboxylic acids is 1. The van der Waals surface area contributed by atoms with Crippen LogP contribution in [0.2, 0.25) is 5.02 Å². The second-order valence-electron chi connectivity index (χ2n) is 5.02. The second-order valence-corrected chi connectivity index (χ2v) is 5.46. The molecule has 0 aliphatic rings. The molecule has 0 saturated carbocycles. The molecule has 0 unspecified atom stereocenters. The highest BCUT2D eigenvalue weighted by Crippen LogP contribution is 2.35. The van der Waals surface area contributed by atoms with Crippen molar-refractivity contribution in [3.63, 3.8) is 0 Å². The molecular weight excluding hydrogens is 328 g/mol. The van der Waals surface area contributed by atoms with Crippen LogP contribution in [0, 0.1) is 11.3 Å². The van der Waals surface area contributed by atoms with Crippen LogP contribution in [0.1, 0.15) is 16.2 Å². The van der Waals surface area contributed by atoms with Gasteiger partial charge in [0, 0.05) is 16.0 Å². The highest BCUT2D eigenvalue weighted by atomic mass is 35.5. The predicted octanol–water partition coefficient (Wildman–Crippen LogP) is 4.13. The van der Waals surface area contributed by atoms with Gasteiger partial charge in [-0.05, 0) is 41.3 Å². The Hall–Kier alpha value is -3.10. The molecule has 0 spiro atoms. The van der Waals surface area contributed by atoms with Gasteiger partial charge in [-0.15, -0.1) is 0 Å². The minimum absolute atomic E-state index is 0.0235. The van der Waals surface area contributed by atoms with Crippen LogP contribution >= 0.6 is 11.6 Å². The van der Waals surface area contributed by atoms with E-state index in [2.05, 4.69) is 4.98 Å². The zero-order valence-corrected chi connectivity index (χ0v) is 13.3. The van der Waals surface area contributed by atoms with Crippen LogP contribution in [-0.4, -0.2) is 23.2 Å². The summed E-state index contributed by atoms with van der Waals surface area (Å²) in [4.78, 5) is 15.6. The van der Waals surface area contributed by atoms with Crippen LogP contribution in [0.4, 0.5) is 0 Å². The number of halogens is 1. The lowest BCUT2D eigenvalue weighted by atomic mass is 9.96. The van der Waals surface area contributed by atoms with Crippen molar-refractivity contribution in [2.45, 2.75) is 0 Å². The fourth-order valence-electron chi connectivity index (χ4n) is 2.60. The van der Waals surface area contributed by atoms with Gasteiger partial charge < -0.3 is 9.84 Å². The van der Waals surface area contributed by atoms with Gasteiger partial charge in [-0.3, -0.25) is 0 Å². The van der Waals surface area contributed by atoms with Gasteiger partial charge in [-0.1, -0.05) is 23.7 Å². The van der Waals surface area contributed by atoms with Crippen molar-refractivity contribution in [2.24, 2.45) is 0 Å². The molecule has 0 fully saturated rings. The summed E-state index contributed by atoms with van der Waals surface area (Å²) >= 11 is 6.06. The molecule has 3 rings (SSSR count). The van der Waals surface area contributed by atoms with E-state index >= 15 is 0 Å². The smallest absolute Gasteiger partial charge is 0.355 e. The number of carbonyl (C=O) groups is 1. The molecule has 118 valence electrons. The lowest BCUT2D eigenvalue weighted by Crippen LogP contribution is -2.05. The normalized spacial score (nSPS) is 10.4. The number of hydrogen-bond acceptors (Lipinski definition) is 4. The molecule has 0 atom stereocenters. The lowest BCUT2D eigenvalue weighted by Gasteiger charge is -2.12. The molecule has 2 aromatic carbocycles. The zero-order chi connectivity index (χ0) is 17.3. The SMILES string of the molecule is COc1ccc2c(C(=O)O)nc(C#N)c(-c3cccc(Cl)c3)c2c1. The summed E-state index contributed by atoms with van der Waals surface area (Å²) in [7, 11) is 1.52. The number of rotatable bonds is 3. The Morgan fingerprint density at radius 1 is 1.25 bits per heavy atom. The predicted molar refractivity (Wildman–Crippen MR) is 90.4 cm³/mol. The van der Waals surface area contributed by atoms with E-state index in [9.17, 15) is 15.2 Å².